The van der Waals surface area contributed by atoms with E-state index in [1.165, 1.54) is 19.3 Å². The molecule has 15 heavy (non-hydrogen) atoms. The summed E-state index contributed by atoms with van der Waals surface area (Å²) in [6, 6.07) is 0.371. The molecule has 0 radical (unpaired) electrons. The summed E-state index contributed by atoms with van der Waals surface area (Å²) in [5.41, 5.74) is 6.65. The van der Waals surface area contributed by atoms with E-state index < -0.39 is 0 Å². The van der Waals surface area contributed by atoms with E-state index in [1.54, 1.807) is 0 Å². The second-order valence-corrected chi connectivity index (χ2v) is 5.87. The molecular formula is C12H24N2O. The summed E-state index contributed by atoms with van der Waals surface area (Å²) in [6.07, 6.45) is 4.86. The Balaban J connectivity index is 1.86. The average Bonchev–Trinajstić information content (AvgIpc) is 2.75. The molecule has 1 aliphatic heterocycles. The molecule has 3 N–H and O–H groups in total. The van der Waals surface area contributed by atoms with E-state index in [1.807, 2.05) is 0 Å². The van der Waals surface area contributed by atoms with Crippen molar-refractivity contribution in [2.45, 2.75) is 51.1 Å². The molecule has 1 aliphatic carbocycles. The smallest absolute Gasteiger partial charge is 0.0646 e. The topological polar surface area (TPSA) is 47.3 Å². The van der Waals surface area contributed by atoms with Gasteiger partial charge in [-0.2, -0.15) is 0 Å². The number of rotatable bonds is 3. The van der Waals surface area contributed by atoms with Gasteiger partial charge < -0.3 is 15.8 Å². The maximum Gasteiger partial charge on any atom is 0.0646 e. The van der Waals surface area contributed by atoms with E-state index in [9.17, 15) is 0 Å². The van der Waals surface area contributed by atoms with Crippen LogP contribution in [-0.2, 0) is 4.74 Å². The van der Waals surface area contributed by atoms with Gasteiger partial charge in [-0.25, -0.2) is 0 Å². The quantitative estimate of drug-likeness (QED) is 0.740. The Labute approximate surface area is 92.7 Å². The number of nitrogens with two attached hydrogens (primary N) is 1. The van der Waals surface area contributed by atoms with Crippen LogP contribution in [0.3, 0.4) is 0 Å². The van der Waals surface area contributed by atoms with Gasteiger partial charge in [-0.15, -0.1) is 0 Å². The zero-order valence-corrected chi connectivity index (χ0v) is 10.0. The summed E-state index contributed by atoms with van der Waals surface area (Å²) in [4.78, 5) is 0. The lowest BCUT2D eigenvalue weighted by molar-refractivity contribution is 0.161. The van der Waals surface area contributed by atoms with Crippen molar-refractivity contribution in [1.82, 2.24) is 5.32 Å². The number of ether oxygens (including phenoxy) is 1. The van der Waals surface area contributed by atoms with Crippen LogP contribution in [0.1, 0.15) is 39.5 Å². The van der Waals surface area contributed by atoms with Crippen molar-refractivity contribution in [3.63, 3.8) is 0 Å². The molecule has 0 amide bonds. The molecule has 3 heteroatoms. The molecule has 1 saturated carbocycles. The first-order valence-electron chi connectivity index (χ1n) is 6.13. The minimum absolute atomic E-state index is 0.186. The fourth-order valence-corrected chi connectivity index (χ4v) is 2.70. The van der Waals surface area contributed by atoms with Gasteiger partial charge in [-0.1, -0.05) is 13.3 Å². The van der Waals surface area contributed by atoms with Gasteiger partial charge in [-0.3, -0.25) is 0 Å². The molecule has 88 valence electrons. The monoisotopic (exact) mass is 212 g/mol. The van der Waals surface area contributed by atoms with Gasteiger partial charge in [-0.05, 0) is 31.6 Å². The molecule has 0 bridgehead atoms. The number of hydrogen-bond donors (Lipinski definition) is 2. The third-order valence-corrected chi connectivity index (χ3v) is 4.30. The van der Waals surface area contributed by atoms with Crippen molar-refractivity contribution < 1.29 is 4.74 Å². The molecule has 2 rings (SSSR count). The zero-order valence-electron chi connectivity index (χ0n) is 10.0. The normalized spacial score (nSPS) is 46.2. The van der Waals surface area contributed by atoms with Crippen LogP contribution in [0.4, 0.5) is 0 Å². The van der Waals surface area contributed by atoms with Crippen LogP contribution in [-0.4, -0.2) is 31.3 Å². The van der Waals surface area contributed by atoms with Crippen LogP contribution in [0.15, 0.2) is 0 Å². The fourth-order valence-electron chi connectivity index (χ4n) is 2.70. The van der Waals surface area contributed by atoms with Gasteiger partial charge in [0.25, 0.3) is 0 Å². The van der Waals surface area contributed by atoms with Crippen molar-refractivity contribution in [2.24, 2.45) is 11.1 Å². The third-order valence-electron chi connectivity index (χ3n) is 4.30. The maximum absolute atomic E-state index is 6.17. The van der Waals surface area contributed by atoms with Gasteiger partial charge in [0, 0.05) is 24.7 Å². The van der Waals surface area contributed by atoms with Crippen LogP contribution in [0, 0.1) is 5.41 Å². The van der Waals surface area contributed by atoms with Gasteiger partial charge in [0.2, 0.25) is 0 Å². The lowest BCUT2D eigenvalue weighted by Crippen LogP contribution is -2.51. The standard InChI is InChI=1S/C12H24N2O/c1-11(5-3-4-10(11)13)8-14-12(2)6-7-15-9-12/h10,14H,3-9,13H2,1-2H3. The molecule has 2 fully saturated rings. The summed E-state index contributed by atoms with van der Waals surface area (Å²) < 4.78 is 5.44. The Morgan fingerprint density at radius 2 is 2.20 bits per heavy atom. The van der Waals surface area contributed by atoms with Crippen molar-refractivity contribution in [3.8, 4) is 0 Å². The first-order valence-corrected chi connectivity index (χ1v) is 6.13. The van der Waals surface area contributed by atoms with Crippen LogP contribution in [0.2, 0.25) is 0 Å². The number of nitrogens with one attached hydrogen (secondary N) is 1. The molecule has 3 unspecified atom stereocenters. The minimum atomic E-state index is 0.186. The van der Waals surface area contributed by atoms with Crippen LogP contribution in [0.5, 0.6) is 0 Å². The summed E-state index contributed by atoms with van der Waals surface area (Å²) in [5.74, 6) is 0. The second kappa shape index (κ2) is 4.04. The van der Waals surface area contributed by atoms with E-state index in [0.29, 0.717) is 11.5 Å². The van der Waals surface area contributed by atoms with Crippen molar-refractivity contribution in [2.75, 3.05) is 19.8 Å². The van der Waals surface area contributed by atoms with Crippen molar-refractivity contribution >= 4 is 0 Å². The molecule has 3 nitrogen and oxygen atoms in total. The molecule has 0 aromatic rings. The Morgan fingerprint density at radius 3 is 2.73 bits per heavy atom. The van der Waals surface area contributed by atoms with Gasteiger partial charge in [0.05, 0.1) is 6.61 Å². The van der Waals surface area contributed by atoms with E-state index in [-0.39, 0.29) is 5.54 Å². The molecule has 1 heterocycles. The van der Waals surface area contributed by atoms with E-state index in [4.69, 9.17) is 10.5 Å². The minimum Gasteiger partial charge on any atom is -0.379 e. The van der Waals surface area contributed by atoms with Gasteiger partial charge >= 0.3 is 0 Å². The largest absolute Gasteiger partial charge is 0.379 e. The Hall–Kier alpha value is -0.120. The van der Waals surface area contributed by atoms with E-state index >= 15 is 0 Å². The van der Waals surface area contributed by atoms with Gasteiger partial charge in [0.1, 0.15) is 0 Å². The average molecular weight is 212 g/mol. The SMILES string of the molecule is CC1(NCC2(C)CCCC2N)CCOC1. The van der Waals surface area contributed by atoms with Gasteiger partial charge in [0.15, 0.2) is 0 Å². The van der Waals surface area contributed by atoms with E-state index in [2.05, 4.69) is 19.2 Å². The first-order chi connectivity index (χ1) is 7.04. The van der Waals surface area contributed by atoms with Crippen molar-refractivity contribution in [3.05, 3.63) is 0 Å². The lowest BCUT2D eigenvalue weighted by atomic mass is 9.84. The molecule has 0 aromatic carbocycles. The summed E-state index contributed by atoms with van der Waals surface area (Å²) in [7, 11) is 0. The summed E-state index contributed by atoms with van der Waals surface area (Å²) >= 11 is 0. The van der Waals surface area contributed by atoms with E-state index in [0.717, 1.165) is 26.2 Å². The maximum atomic E-state index is 6.17. The third kappa shape index (κ3) is 2.35. The molecular weight excluding hydrogens is 188 g/mol. The highest BCUT2D eigenvalue weighted by Gasteiger charge is 2.38. The Kier molecular flexibility index (Phi) is 3.06. The molecule has 0 spiro atoms. The second-order valence-electron chi connectivity index (χ2n) is 5.87. The molecule has 0 aromatic heterocycles. The highest BCUT2D eigenvalue weighted by Crippen LogP contribution is 2.36. The first kappa shape index (κ1) is 11.4. The summed E-state index contributed by atoms with van der Waals surface area (Å²) in [6.45, 7) is 7.35. The molecule has 2 aliphatic rings. The number of hydrogen-bond acceptors (Lipinski definition) is 3. The van der Waals surface area contributed by atoms with Crippen LogP contribution in [0.25, 0.3) is 0 Å². The molecule has 3 atom stereocenters. The fraction of sp³-hybridized carbons (Fsp3) is 1.00. The van der Waals surface area contributed by atoms with Crippen molar-refractivity contribution in [1.29, 1.82) is 0 Å². The predicted molar refractivity (Wildman–Crippen MR) is 61.8 cm³/mol. The zero-order chi connectivity index (χ0) is 10.9. The van der Waals surface area contributed by atoms with Crippen LogP contribution >= 0.6 is 0 Å². The predicted octanol–water partition coefficient (Wildman–Crippen LogP) is 1.27. The highest BCUT2D eigenvalue weighted by atomic mass is 16.5. The highest BCUT2D eigenvalue weighted by molar-refractivity contribution is 4.96. The summed E-state index contributed by atoms with van der Waals surface area (Å²) in [5, 5.41) is 3.67. The lowest BCUT2D eigenvalue weighted by Gasteiger charge is -2.34. The Bertz CT molecular complexity index is 226. The Morgan fingerprint density at radius 1 is 1.40 bits per heavy atom. The van der Waals surface area contributed by atoms with Crippen LogP contribution < -0.4 is 11.1 Å². The molecule has 1 saturated heterocycles.